The van der Waals surface area contributed by atoms with Gasteiger partial charge in [-0.05, 0) is 49.8 Å². The fraction of sp³-hybridized carbons (Fsp3) is 0.444. The zero-order chi connectivity index (χ0) is 22.5. The summed E-state index contributed by atoms with van der Waals surface area (Å²) in [5.74, 6) is 2.72. The fourth-order valence-corrected chi connectivity index (χ4v) is 5.13. The number of nitrogens with zero attached hydrogens (tertiary/aromatic N) is 3. The molecule has 174 valence electrons. The van der Waals surface area contributed by atoms with Gasteiger partial charge in [-0.2, -0.15) is 0 Å². The summed E-state index contributed by atoms with van der Waals surface area (Å²) in [5, 5.41) is 0. The van der Waals surface area contributed by atoms with E-state index >= 15 is 0 Å². The van der Waals surface area contributed by atoms with E-state index in [0.717, 1.165) is 62.8 Å². The minimum absolute atomic E-state index is 0.310. The summed E-state index contributed by atoms with van der Waals surface area (Å²) in [6.45, 7) is 3.77. The fourth-order valence-electron chi connectivity index (χ4n) is 5.13. The monoisotopic (exact) mass is 446 g/mol. The Balaban J connectivity index is 1.35. The number of hydrogen-bond donors (Lipinski definition) is 1. The minimum atomic E-state index is 0.310. The number of imidazole rings is 1. The number of hydrogen-bond acceptors (Lipinski definition) is 5. The molecule has 0 unspecified atom stereocenters. The van der Waals surface area contributed by atoms with Crippen molar-refractivity contribution in [3.05, 3.63) is 72.3 Å². The predicted molar refractivity (Wildman–Crippen MR) is 131 cm³/mol. The van der Waals surface area contributed by atoms with E-state index in [-0.39, 0.29) is 0 Å². The van der Waals surface area contributed by atoms with Crippen LogP contribution in [-0.4, -0.2) is 53.8 Å². The van der Waals surface area contributed by atoms with Crippen LogP contribution in [0.2, 0.25) is 0 Å². The number of anilines is 1. The first kappa shape index (κ1) is 21.8. The number of aromatic amines is 1. The van der Waals surface area contributed by atoms with Crippen LogP contribution >= 0.6 is 0 Å². The minimum Gasteiger partial charge on any atom is -0.493 e. The van der Waals surface area contributed by atoms with Crippen LogP contribution in [0.15, 0.2) is 60.9 Å². The second-order valence-electron chi connectivity index (χ2n) is 9.16. The first-order valence-electron chi connectivity index (χ1n) is 12.1. The maximum atomic E-state index is 6.37. The van der Waals surface area contributed by atoms with Gasteiger partial charge in [0.25, 0.3) is 0 Å². The highest BCUT2D eigenvalue weighted by Gasteiger charge is 2.29. The Morgan fingerprint density at radius 2 is 1.88 bits per heavy atom. The largest absolute Gasteiger partial charge is 0.493 e. The van der Waals surface area contributed by atoms with Gasteiger partial charge in [0.15, 0.2) is 11.5 Å². The van der Waals surface area contributed by atoms with E-state index in [1.165, 1.54) is 24.1 Å². The van der Waals surface area contributed by atoms with Gasteiger partial charge in [0, 0.05) is 49.8 Å². The van der Waals surface area contributed by atoms with Crippen molar-refractivity contribution in [2.24, 2.45) is 0 Å². The molecule has 1 saturated carbocycles. The molecular formula is C27H34N4O2. The summed E-state index contributed by atoms with van der Waals surface area (Å²) >= 11 is 0. The lowest BCUT2D eigenvalue weighted by molar-refractivity contribution is 0.163. The van der Waals surface area contributed by atoms with Gasteiger partial charge in [-0.1, -0.05) is 30.3 Å². The van der Waals surface area contributed by atoms with Crippen molar-refractivity contribution in [3.8, 4) is 11.5 Å². The number of H-pyrrole nitrogens is 1. The van der Waals surface area contributed by atoms with Crippen LogP contribution in [0.25, 0.3) is 0 Å². The number of piperazine rings is 1. The zero-order valence-corrected chi connectivity index (χ0v) is 19.5. The molecule has 33 heavy (non-hydrogen) atoms. The molecule has 2 heterocycles. The molecule has 2 fully saturated rings. The van der Waals surface area contributed by atoms with Crippen LogP contribution in [0.3, 0.4) is 0 Å². The molecular weight excluding hydrogens is 412 g/mol. The van der Waals surface area contributed by atoms with Crippen molar-refractivity contribution in [3.63, 3.8) is 0 Å². The van der Waals surface area contributed by atoms with Crippen molar-refractivity contribution in [2.75, 3.05) is 31.6 Å². The van der Waals surface area contributed by atoms with Crippen LogP contribution in [-0.2, 0) is 13.0 Å². The van der Waals surface area contributed by atoms with Gasteiger partial charge >= 0.3 is 0 Å². The van der Waals surface area contributed by atoms with Crippen molar-refractivity contribution < 1.29 is 9.47 Å². The quantitative estimate of drug-likeness (QED) is 0.545. The van der Waals surface area contributed by atoms with Crippen molar-refractivity contribution >= 4 is 5.69 Å². The van der Waals surface area contributed by atoms with Crippen LogP contribution in [0.4, 0.5) is 5.69 Å². The molecule has 2 aliphatic rings. The lowest BCUT2D eigenvalue weighted by atomic mass is 10.0. The number of methoxy groups -OCH3 is 1. The molecule has 2 aromatic carbocycles. The molecule has 0 bridgehead atoms. The van der Waals surface area contributed by atoms with Gasteiger partial charge in [-0.3, -0.25) is 4.90 Å². The summed E-state index contributed by atoms with van der Waals surface area (Å²) in [5.41, 5.74) is 2.58. The molecule has 6 heteroatoms. The van der Waals surface area contributed by atoms with E-state index in [0.29, 0.717) is 12.1 Å². The van der Waals surface area contributed by atoms with E-state index in [9.17, 15) is 0 Å². The highest BCUT2D eigenvalue weighted by molar-refractivity contribution is 5.57. The van der Waals surface area contributed by atoms with E-state index in [2.05, 4.69) is 68.3 Å². The molecule has 1 aliphatic heterocycles. The standard InChI is InChI=1S/C27H34N4O2/c1-32-25-12-11-22(18-26(25)33-24-9-5-6-10-24)30-15-16-31(20-27-28-13-14-29-27)23(19-30)17-21-7-3-2-4-8-21/h2-4,7-8,11-14,18,23-24H,5-6,9-10,15-17,19-20H2,1H3,(H,28,29)/t23-/m0/s1. The van der Waals surface area contributed by atoms with Crippen LogP contribution in [0.5, 0.6) is 11.5 Å². The lowest BCUT2D eigenvalue weighted by Crippen LogP contribution is -2.53. The molecule has 5 rings (SSSR count). The van der Waals surface area contributed by atoms with Crippen LogP contribution in [0.1, 0.15) is 37.1 Å². The molecule has 0 spiro atoms. The summed E-state index contributed by atoms with van der Waals surface area (Å²) in [6.07, 6.45) is 9.85. The molecule has 1 atom stereocenters. The zero-order valence-electron chi connectivity index (χ0n) is 19.5. The van der Waals surface area contributed by atoms with E-state index in [4.69, 9.17) is 9.47 Å². The maximum Gasteiger partial charge on any atom is 0.163 e. The second-order valence-corrected chi connectivity index (χ2v) is 9.16. The molecule has 0 amide bonds. The number of ether oxygens (including phenoxy) is 2. The average Bonchev–Trinajstić information content (AvgIpc) is 3.55. The SMILES string of the molecule is COc1ccc(N2CCN(Cc3ncc[nH]3)[C@@H](Cc3ccccc3)C2)cc1OC1CCCC1. The summed E-state index contributed by atoms with van der Waals surface area (Å²) in [7, 11) is 1.72. The van der Waals surface area contributed by atoms with Gasteiger partial charge in [0.2, 0.25) is 0 Å². The normalized spacial score (nSPS) is 19.7. The number of aromatic nitrogens is 2. The molecule has 1 aromatic heterocycles. The van der Waals surface area contributed by atoms with Crippen LogP contribution in [0, 0.1) is 0 Å². The topological polar surface area (TPSA) is 53.6 Å². The van der Waals surface area contributed by atoms with Gasteiger partial charge in [0.05, 0.1) is 19.8 Å². The van der Waals surface area contributed by atoms with E-state index in [1.807, 2.05) is 12.4 Å². The molecule has 6 nitrogen and oxygen atoms in total. The van der Waals surface area contributed by atoms with Gasteiger partial charge in [-0.15, -0.1) is 0 Å². The Morgan fingerprint density at radius 1 is 1.03 bits per heavy atom. The molecule has 1 saturated heterocycles. The van der Waals surface area contributed by atoms with Crippen molar-refractivity contribution in [1.29, 1.82) is 0 Å². The molecule has 1 aliphatic carbocycles. The third-order valence-electron chi connectivity index (χ3n) is 6.93. The first-order valence-corrected chi connectivity index (χ1v) is 12.1. The Labute approximate surface area is 196 Å². The smallest absolute Gasteiger partial charge is 0.163 e. The average molecular weight is 447 g/mol. The number of nitrogens with one attached hydrogen (secondary N) is 1. The third-order valence-corrected chi connectivity index (χ3v) is 6.93. The third kappa shape index (κ3) is 5.33. The molecule has 1 N–H and O–H groups in total. The predicted octanol–water partition coefficient (Wildman–Crippen LogP) is 4.67. The molecule has 3 aromatic rings. The van der Waals surface area contributed by atoms with Gasteiger partial charge in [-0.25, -0.2) is 4.98 Å². The van der Waals surface area contributed by atoms with Crippen LogP contribution < -0.4 is 14.4 Å². The Kier molecular flexibility index (Phi) is 6.81. The Bertz CT molecular complexity index is 1000. The number of rotatable bonds is 8. The Morgan fingerprint density at radius 3 is 2.64 bits per heavy atom. The van der Waals surface area contributed by atoms with Crippen molar-refractivity contribution in [2.45, 2.75) is 50.8 Å². The summed E-state index contributed by atoms with van der Waals surface area (Å²) in [6, 6.07) is 17.6. The van der Waals surface area contributed by atoms with E-state index in [1.54, 1.807) is 7.11 Å². The molecule has 0 radical (unpaired) electrons. The van der Waals surface area contributed by atoms with E-state index < -0.39 is 0 Å². The van der Waals surface area contributed by atoms with Gasteiger partial charge in [0.1, 0.15) is 5.82 Å². The highest BCUT2D eigenvalue weighted by Crippen LogP contribution is 2.36. The first-order chi connectivity index (χ1) is 16.3. The second kappa shape index (κ2) is 10.3. The maximum absolute atomic E-state index is 6.37. The Hall–Kier alpha value is -2.99. The van der Waals surface area contributed by atoms with Gasteiger partial charge < -0.3 is 19.4 Å². The lowest BCUT2D eigenvalue weighted by Gasteiger charge is -2.42. The van der Waals surface area contributed by atoms with Crippen molar-refractivity contribution in [1.82, 2.24) is 14.9 Å². The summed E-state index contributed by atoms with van der Waals surface area (Å²) in [4.78, 5) is 12.8. The highest BCUT2D eigenvalue weighted by atomic mass is 16.5. The summed E-state index contributed by atoms with van der Waals surface area (Å²) < 4.78 is 12.0. The number of benzene rings is 2.